The predicted octanol–water partition coefficient (Wildman–Crippen LogP) is 2.23. The zero-order valence-corrected chi connectivity index (χ0v) is 14.9. The fourth-order valence-corrected chi connectivity index (χ4v) is 3.97. The number of nitrogens with one attached hydrogen (secondary N) is 1. The van der Waals surface area contributed by atoms with Crippen molar-refractivity contribution in [1.29, 1.82) is 0 Å². The molecule has 8 heteroatoms. The lowest BCUT2D eigenvalue weighted by molar-refractivity contribution is 0.102. The lowest BCUT2D eigenvalue weighted by Crippen LogP contribution is -2.31. The van der Waals surface area contributed by atoms with Crippen LogP contribution in [0.4, 0.5) is 5.13 Å². The summed E-state index contributed by atoms with van der Waals surface area (Å²) in [7, 11) is 1.54. The molecule has 2 aromatic rings. The van der Waals surface area contributed by atoms with E-state index in [1.54, 1.807) is 13.8 Å². The van der Waals surface area contributed by atoms with Crippen LogP contribution in [0.15, 0.2) is 4.79 Å². The third-order valence-corrected chi connectivity index (χ3v) is 5.44. The van der Waals surface area contributed by atoms with Gasteiger partial charge in [-0.3, -0.25) is 14.9 Å². The van der Waals surface area contributed by atoms with Gasteiger partial charge in [-0.2, -0.15) is 5.10 Å². The van der Waals surface area contributed by atoms with Gasteiger partial charge in [-0.15, -0.1) is 10.2 Å². The molecule has 1 amide bonds. The molecular formula is C16H21N5O2S. The minimum Gasteiger partial charge on any atom is -0.296 e. The van der Waals surface area contributed by atoms with Crippen molar-refractivity contribution >= 4 is 22.4 Å². The summed E-state index contributed by atoms with van der Waals surface area (Å²) in [6.07, 6.45) is 5.98. The van der Waals surface area contributed by atoms with E-state index in [1.165, 1.54) is 48.7 Å². The lowest BCUT2D eigenvalue weighted by Gasteiger charge is -2.08. The van der Waals surface area contributed by atoms with Crippen molar-refractivity contribution in [3.63, 3.8) is 0 Å². The Morgan fingerprint density at radius 3 is 2.71 bits per heavy atom. The number of hydrogen-bond donors (Lipinski definition) is 1. The molecule has 2 aromatic heterocycles. The number of aryl methyl sites for hydroxylation is 2. The van der Waals surface area contributed by atoms with E-state index in [9.17, 15) is 9.59 Å². The van der Waals surface area contributed by atoms with Crippen molar-refractivity contribution < 1.29 is 4.79 Å². The average Bonchev–Trinajstić information content (AvgIpc) is 3.18. The lowest BCUT2D eigenvalue weighted by atomic mass is 10.1. The van der Waals surface area contributed by atoms with Crippen LogP contribution in [0.25, 0.3) is 0 Å². The van der Waals surface area contributed by atoms with Gasteiger partial charge in [0.05, 0.1) is 5.69 Å². The monoisotopic (exact) mass is 347 g/mol. The smallest absolute Gasteiger partial charge is 0.279 e. The second-order valence-electron chi connectivity index (χ2n) is 6.32. The normalized spacial score (nSPS) is 15.0. The predicted molar refractivity (Wildman–Crippen MR) is 92.5 cm³/mol. The van der Waals surface area contributed by atoms with Crippen LogP contribution >= 0.6 is 11.3 Å². The van der Waals surface area contributed by atoms with Crippen LogP contribution in [0.5, 0.6) is 0 Å². The highest BCUT2D eigenvalue weighted by Crippen LogP contribution is 2.29. The first kappa shape index (κ1) is 16.8. The Hall–Kier alpha value is -2.09. The maximum atomic E-state index is 12.5. The molecule has 128 valence electrons. The summed E-state index contributed by atoms with van der Waals surface area (Å²) in [6.45, 7) is 3.50. The molecule has 1 aliphatic carbocycles. The minimum atomic E-state index is -0.456. The van der Waals surface area contributed by atoms with Crippen LogP contribution in [0.1, 0.15) is 52.3 Å². The van der Waals surface area contributed by atoms with E-state index >= 15 is 0 Å². The van der Waals surface area contributed by atoms with Gasteiger partial charge >= 0.3 is 0 Å². The molecule has 7 nitrogen and oxygen atoms in total. The second-order valence-corrected chi connectivity index (χ2v) is 7.39. The van der Waals surface area contributed by atoms with E-state index in [4.69, 9.17) is 0 Å². The number of amides is 1. The van der Waals surface area contributed by atoms with E-state index in [1.807, 2.05) is 0 Å². The van der Waals surface area contributed by atoms with Crippen molar-refractivity contribution in [2.75, 3.05) is 5.32 Å². The van der Waals surface area contributed by atoms with Gasteiger partial charge in [0, 0.05) is 13.5 Å². The summed E-state index contributed by atoms with van der Waals surface area (Å²) in [6, 6.07) is 0. The molecule has 24 heavy (non-hydrogen) atoms. The molecule has 1 fully saturated rings. The first-order chi connectivity index (χ1) is 11.5. The van der Waals surface area contributed by atoms with E-state index in [-0.39, 0.29) is 5.56 Å². The van der Waals surface area contributed by atoms with E-state index in [0.717, 1.165) is 11.4 Å². The second kappa shape index (κ2) is 6.80. The van der Waals surface area contributed by atoms with Gasteiger partial charge in [0.15, 0.2) is 0 Å². The molecule has 0 atom stereocenters. The summed E-state index contributed by atoms with van der Waals surface area (Å²) in [5.74, 6) is 0.223. The minimum absolute atomic E-state index is 0.109. The van der Waals surface area contributed by atoms with Gasteiger partial charge in [-0.25, -0.2) is 4.68 Å². The fourth-order valence-electron chi connectivity index (χ4n) is 3.12. The molecule has 3 rings (SSSR count). The quantitative estimate of drug-likeness (QED) is 0.916. The summed E-state index contributed by atoms with van der Waals surface area (Å²) in [4.78, 5) is 24.7. The third-order valence-electron chi connectivity index (χ3n) is 4.58. The van der Waals surface area contributed by atoms with Gasteiger partial charge in [0.2, 0.25) is 5.13 Å². The van der Waals surface area contributed by atoms with Crippen LogP contribution in [0, 0.1) is 19.8 Å². The molecule has 2 heterocycles. The Labute approximate surface area is 144 Å². The summed E-state index contributed by atoms with van der Waals surface area (Å²) in [5, 5.41) is 16.4. The van der Waals surface area contributed by atoms with Crippen LogP contribution in [-0.2, 0) is 13.5 Å². The molecule has 0 aromatic carbocycles. The molecule has 1 N–H and O–H groups in total. The van der Waals surface area contributed by atoms with Gasteiger partial charge in [-0.05, 0) is 25.3 Å². The molecular weight excluding hydrogens is 326 g/mol. The Morgan fingerprint density at radius 2 is 2.00 bits per heavy atom. The number of carbonyl (C=O) groups excluding carboxylic acids is 1. The highest BCUT2D eigenvalue weighted by atomic mass is 32.1. The van der Waals surface area contributed by atoms with Gasteiger partial charge in [0.1, 0.15) is 10.6 Å². The first-order valence-electron chi connectivity index (χ1n) is 8.14. The Morgan fingerprint density at radius 1 is 1.29 bits per heavy atom. The highest BCUT2D eigenvalue weighted by molar-refractivity contribution is 7.15. The van der Waals surface area contributed by atoms with Crippen LogP contribution in [0.2, 0.25) is 0 Å². The number of rotatable bonds is 4. The zero-order valence-electron chi connectivity index (χ0n) is 14.1. The summed E-state index contributed by atoms with van der Waals surface area (Å²) >= 11 is 1.38. The largest absolute Gasteiger partial charge is 0.296 e. The van der Waals surface area contributed by atoms with Crippen molar-refractivity contribution in [1.82, 2.24) is 20.0 Å². The Balaban J connectivity index is 1.76. The molecule has 0 saturated heterocycles. The fraction of sp³-hybridized carbons (Fsp3) is 0.562. The van der Waals surface area contributed by atoms with E-state index in [2.05, 4.69) is 20.6 Å². The third kappa shape index (κ3) is 3.38. The average molecular weight is 347 g/mol. The SMILES string of the molecule is Cc1nn(C)c(=O)c(C(=O)Nc2nnc(CC3CCCC3)s2)c1C. The van der Waals surface area contributed by atoms with E-state index < -0.39 is 11.5 Å². The number of carbonyl (C=O) groups is 1. The van der Waals surface area contributed by atoms with Crippen molar-refractivity contribution in [2.45, 2.75) is 46.0 Å². The standard InChI is InChI=1S/C16H21N5O2S/c1-9-10(2)20-21(3)15(23)13(9)14(22)17-16-19-18-12(24-16)8-11-6-4-5-7-11/h11H,4-8H2,1-3H3,(H,17,19,22). The highest BCUT2D eigenvalue weighted by Gasteiger charge is 2.21. The first-order valence-corrected chi connectivity index (χ1v) is 8.95. The van der Waals surface area contributed by atoms with Crippen LogP contribution in [-0.4, -0.2) is 25.9 Å². The van der Waals surface area contributed by atoms with Gasteiger partial charge < -0.3 is 0 Å². The van der Waals surface area contributed by atoms with Gasteiger partial charge in [-0.1, -0.05) is 37.0 Å². The maximum Gasteiger partial charge on any atom is 0.279 e. The van der Waals surface area contributed by atoms with Crippen molar-refractivity contribution in [2.24, 2.45) is 13.0 Å². The number of hydrogen-bond acceptors (Lipinski definition) is 6. The summed E-state index contributed by atoms with van der Waals surface area (Å²) < 4.78 is 1.18. The zero-order chi connectivity index (χ0) is 17.3. The molecule has 1 aliphatic rings. The topological polar surface area (TPSA) is 89.8 Å². The van der Waals surface area contributed by atoms with Gasteiger partial charge in [0.25, 0.3) is 11.5 Å². The number of anilines is 1. The van der Waals surface area contributed by atoms with Crippen molar-refractivity contribution in [3.8, 4) is 0 Å². The summed E-state index contributed by atoms with van der Waals surface area (Å²) in [5.41, 5.74) is 0.941. The molecule has 0 aliphatic heterocycles. The van der Waals surface area contributed by atoms with Crippen molar-refractivity contribution in [3.05, 3.63) is 32.2 Å². The Bertz CT molecular complexity index is 820. The van der Waals surface area contributed by atoms with Crippen LogP contribution in [0.3, 0.4) is 0 Å². The van der Waals surface area contributed by atoms with Crippen LogP contribution < -0.4 is 10.9 Å². The Kier molecular flexibility index (Phi) is 4.75. The van der Waals surface area contributed by atoms with E-state index in [0.29, 0.717) is 22.3 Å². The molecule has 0 unspecified atom stereocenters. The number of nitrogens with zero attached hydrogens (tertiary/aromatic N) is 4. The molecule has 0 spiro atoms. The molecule has 1 saturated carbocycles. The molecule has 0 radical (unpaired) electrons. The number of aromatic nitrogens is 4. The maximum absolute atomic E-state index is 12.5. The molecule has 0 bridgehead atoms.